The molecule has 0 radical (unpaired) electrons. The van der Waals surface area contributed by atoms with Crippen LogP contribution in [0.4, 0.5) is 5.69 Å². The minimum atomic E-state index is 0.630. The van der Waals surface area contributed by atoms with Crippen LogP contribution in [0, 0.1) is 6.57 Å². The van der Waals surface area contributed by atoms with Crippen LogP contribution in [0.2, 0.25) is 0 Å². The highest BCUT2D eigenvalue weighted by molar-refractivity contribution is 5.45. The molecule has 0 unspecified atom stereocenters. The third kappa shape index (κ3) is 2.06. The van der Waals surface area contributed by atoms with Crippen molar-refractivity contribution in [3.05, 3.63) is 34.7 Å². The molecule has 0 atom stereocenters. The Morgan fingerprint density at radius 3 is 2.45 bits per heavy atom. The topological polar surface area (TPSA) is 13.6 Å². The standard InChI is InChI=1S/C9H10NO/c1-10-9-5-3-8(4-6-9)7-11-2/h1,3-6H,7H2,2H3/q+1. The van der Waals surface area contributed by atoms with Gasteiger partial charge in [0.15, 0.2) is 0 Å². The molecule has 0 N–H and O–H groups in total. The summed E-state index contributed by atoms with van der Waals surface area (Å²) >= 11 is 0. The first kappa shape index (κ1) is 7.77. The smallest absolute Gasteiger partial charge is 0.339 e. The summed E-state index contributed by atoms with van der Waals surface area (Å²) in [4.78, 5) is 3.53. The fraction of sp³-hybridized carbons (Fsp3) is 0.222. The van der Waals surface area contributed by atoms with Gasteiger partial charge in [-0.25, -0.2) is 0 Å². The van der Waals surface area contributed by atoms with E-state index in [0.29, 0.717) is 6.61 Å². The van der Waals surface area contributed by atoms with Crippen molar-refractivity contribution in [3.63, 3.8) is 0 Å². The summed E-state index contributed by atoms with van der Waals surface area (Å²) in [5.41, 5.74) is 1.91. The van der Waals surface area contributed by atoms with Gasteiger partial charge >= 0.3 is 5.69 Å². The summed E-state index contributed by atoms with van der Waals surface area (Å²) < 4.78 is 4.94. The van der Waals surface area contributed by atoms with Crippen molar-refractivity contribution in [2.24, 2.45) is 0 Å². The lowest BCUT2D eigenvalue weighted by Crippen LogP contribution is -1.84. The van der Waals surface area contributed by atoms with Crippen LogP contribution in [-0.4, -0.2) is 7.11 Å². The normalized spacial score (nSPS) is 9.09. The van der Waals surface area contributed by atoms with Crippen LogP contribution in [-0.2, 0) is 11.3 Å². The van der Waals surface area contributed by atoms with Crippen LogP contribution in [0.3, 0.4) is 0 Å². The largest absolute Gasteiger partial charge is 0.380 e. The van der Waals surface area contributed by atoms with E-state index in [2.05, 4.69) is 4.85 Å². The van der Waals surface area contributed by atoms with Gasteiger partial charge in [0.2, 0.25) is 0 Å². The molecule has 0 heterocycles. The molecule has 0 aliphatic heterocycles. The first-order valence-electron chi connectivity index (χ1n) is 3.35. The summed E-state index contributed by atoms with van der Waals surface area (Å²) in [6, 6.07) is 7.59. The second-order valence-electron chi connectivity index (χ2n) is 2.23. The molecule has 1 aromatic carbocycles. The quantitative estimate of drug-likeness (QED) is 0.628. The average molecular weight is 148 g/mol. The van der Waals surface area contributed by atoms with E-state index in [4.69, 9.17) is 11.3 Å². The molecule has 0 saturated carbocycles. The molecule has 56 valence electrons. The Labute approximate surface area is 66.2 Å². The average Bonchev–Trinajstić information content (AvgIpc) is 2.07. The predicted octanol–water partition coefficient (Wildman–Crippen LogP) is 2.43. The summed E-state index contributed by atoms with van der Waals surface area (Å²) in [7, 11) is 1.67. The van der Waals surface area contributed by atoms with Crippen LogP contribution >= 0.6 is 0 Å². The molecule has 0 bridgehead atoms. The third-order valence-electron chi connectivity index (χ3n) is 1.40. The molecule has 0 saturated heterocycles. The van der Waals surface area contributed by atoms with E-state index in [-0.39, 0.29) is 0 Å². The van der Waals surface area contributed by atoms with Gasteiger partial charge in [-0.3, -0.25) is 0 Å². The van der Waals surface area contributed by atoms with Crippen molar-refractivity contribution in [2.75, 3.05) is 7.11 Å². The van der Waals surface area contributed by atoms with Gasteiger partial charge in [-0.15, -0.1) is 0 Å². The Morgan fingerprint density at radius 1 is 1.36 bits per heavy atom. The summed E-state index contributed by atoms with van der Waals surface area (Å²) in [6.45, 7) is 5.70. The van der Waals surface area contributed by atoms with Crippen LogP contribution in [0.1, 0.15) is 5.56 Å². The van der Waals surface area contributed by atoms with Crippen LogP contribution < -0.4 is 0 Å². The predicted molar refractivity (Wildman–Crippen MR) is 45.1 cm³/mol. The van der Waals surface area contributed by atoms with Crippen molar-refractivity contribution < 1.29 is 4.74 Å². The third-order valence-corrected chi connectivity index (χ3v) is 1.40. The number of ether oxygens (including phenoxy) is 1. The SMILES string of the molecule is C#[N+]c1ccc(COC)cc1. The molecular formula is C9H10NO+. The number of benzene rings is 1. The minimum absolute atomic E-state index is 0.630. The van der Waals surface area contributed by atoms with Gasteiger partial charge in [0, 0.05) is 19.2 Å². The maximum absolute atomic E-state index is 5.07. The Hall–Kier alpha value is -1.33. The number of methoxy groups -OCH3 is 1. The maximum atomic E-state index is 5.07. The first-order valence-corrected chi connectivity index (χ1v) is 3.35. The summed E-state index contributed by atoms with van der Waals surface area (Å²) in [5.74, 6) is 0. The van der Waals surface area contributed by atoms with Crippen molar-refractivity contribution >= 4 is 5.69 Å². The van der Waals surface area contributed by atoms with Gasteiger partial charge in [0.25, 0.3) is 6.57 Å². The minimum Gasteiger partial charge on any atom is -0.380 e. The lowest BCUT2D eigenvalue weighted by Gasteiger charge is -1.94. The van der Waals surface area contributed by atoms with Gasteiger partial charge in [-0.2, -0.15) is 0 Å². The molecule has 0 aromatic heterocycles. The van der Waals surface area contributed by atoms with E-state index in [9.17, 15) is 0 Å². The first-order chi connectivity index (χ1) is 5.36. The van der Waals surface area contributed by atoms with Crippen molar-refractivity contribution in [2.45, 2.75) is 6.61 Å². The molecule has 1 aromatic rings. The van der Waals surface area contributed by atoms with E-state index in [1.54, 1.807) is 7.11 Å². The monoisotopic (exact) mass is 148 g/mol. The van der Waals surface area contributed by atoms with Gasteiger partial charge in [0.05, 0.1) is 6.61 Å². The Balaban J connectivity index is 2.76. The van der Waals surface area contributed by atoms with E-state index in [1.165, 1.54) is 0 Å². The van der Waals surface area contributed by atoms with Crippen molar-refractivity contribution in [1.82, 2.24) is 0 Å². The van der Waals surface area contributed by atoms with Crippen LogP contribution in [0.5, 0.6) is 0 Å². The molecule has 0 fully saturated rings. The molecule has 0 aliphatic rings. The summed E-state index contributed by atoms with van der Waals surface area (Å²) in [6.07, 6.45) is 0. The lowest BCUT2D eigenvalue weighted by atomic mass is 10.2. The second kappa shape index (κ2) is 3.75. The Bertz CT molecular complexity index is 258. The molecule has 1 rings (SSSR count). The van der Waals surface area contributed by atoms with E-state index in [1.807, 2.05) is 24.3 Å². The highest BCUT2D eigenvalue weighted by Gasteiger charge is 1.97. The van der Waals surface area contributed by atoms with Gasteiger partial charge in [-0.05, 0) is 22.5 Å². The molecule has 2 nitrogen and oxygen atoms in total. The molecule has 0 aliphatic carbocycles. The number of rotatable bonds is 2. The van der Waals surface area contributed by atoms with Crippen molar-refractivity contribution in [1.29, 1.82) is 0 Å². The molecular weight excluding hydrogens is 138 g/mol. The fourth-order valence-electron chi connectivity index (χ4n) is 0.845. The Morgan fingerprint density at radius 2 is 2.00 bits per heavy atom. The molecule has 2 heteroatoms. The van der Waals surface area contributed by atoms with E-state index in [0.717, 1.165) is 11.3 Å². The van der Waals surface area contributed by atoms with Gasteiger partial charge in [0.1, 0.15) is 0 Å². The zero-order chi connectivity index (χ0) is 8.10. The second-order valence-corrected chi connectivity index (χ2v) is 2.23. The number of hydrogen-bond donors (Lipinski definition) is 0. The zero-order valence-corrected chi connectivity index (χ0v) is 6.45. The maximum Gasteiger partial charge on any atom is 0.339 e. The molecule has 0 amide bonds. The highest BCUT2D eigenvalue weighted by Crippen LogP contribution is 2.12. The number of hydrogen-bond acceptors (Lipinski definition) is 1. The van der Waals surface area contributed by atoms with E-state index >= 15 is 0 Å². The van der Waals surface area contributed by atoms with Gasteiger partial charge in [-0.1, -0.05) is 0 Å². The highest BCUT2D eigenvalue weighted by atomic mass is 16.5. The van der Waals surface area contributed by atoms with Crippen LogP contribution in [0.15, 0.2) is 24.3 Å². The van der Waals surface area contributed by atoms with E-state index < -0.39 is 0 Å². The van der Waals surface area contributed by atoms with Crippen LogP contribution in [0.25, 0.3) is 4.85 Å². The van der Waals surface area contributed by atoms with Gasteiger partial charge < -0.3 is 4.74 Å². The lowest BCUT2D eigenvalue weighted by molar-refractivity contribution is 0.185. The zero-order valence-electron chi connectivity index (χ0n) is 6.45. The Kier molecular flexibility index (Phi) is 2.65. The molecule has 11 heavy (non-hydrogen) atoms. The van der Waals surface area contributed by atoms with Crippen molar-refractivity contribution in [3.8, 4) is 6.57 Å². The summed E-state index contributed by atoms with van der Waals surface area (Å²) in [5, 5.41) is 0. The fourth-order valence-corrected chi connectivity index (χ4v) is 0.845. The number of nitrogens with zero attached hydrogens (tertiary/aromatic N) is 1. The molecule has 0 spiro atoms.